The molecule has 2 unspecified atom stereocenters. The molecule has 2 atom stereocenters. The fourth-order valence-corrected chi connectivity index (χ4v) is 5.75. The number of hydrogen-bond acceptors (Lipinski definition) is 2. The van der Waals surface area contributed by atoms with Crippen LogP contribution >= 0.6 is 15.9 Å². The van der Waals surface area contributed by atoms with Gasteiger partial charge in [0.25, 0.3) is 0 Å². The lowest BCUT2D eigenvalue weighted by Crippen LogP contribution is -2.51. The molecule has 1 aliphatic heterocycles. The number of benzene rings is 3. The SMILES string of the molecule is Cc1cc(Br)cc(C)c1C1(c2ccccc2)CC(C(=O)O)c2ccccc2N1C. The topological polar surface area (TPSA) is 40.5 Å². The summed E-state index contributed by atoms with van der Waals surface area (Å²) in [6, 6.07) is 22.4. The van der Waals surface area contributed by atoms with Crippen molar-refractivity contribution in [1.82, 2.24) is 0 Å². The first kappa shape index (κ1) is 19.7. The van der Waals surface area contributed by atoms with Crippen LogP contribution in [0.2, 0.25) is 0 Å². The normalized spacial score (nSPS) is 21.0. The second-order valence-corrected chi connectivity index (χ2v) is 8.77. The van der Waals surface area contributed by atoms with Crippen LogP contribution in [0, 0.1) is 13.8 Å². The summed E-state index contributed by atoms with van der Waals surface area (Å²) in [6.45, 7) is 4.23. The van der Waals surface area contributed by atoms with Gasteiger partial charge in [-0.25, -0.2) is 0 Å². The van der Waals surface area contributed by atoms with Crippen LogP contribution in [0.5, 0.6) is 0 Å². The maximum Gasteiger partial charge on any atom is 0.311 e. The molecule has 0 amide bonds. The van der Waals surface area contributed by atoms with Gasteiger partial charge in [0.15, 0.2) is 0 Å². The number of halogens is 1. The number of anilines is 1. The van der Waals surface area contributed by atoms with Crippen LogP contribution in [0.25, 0.3) is 0 Å². The quantitative estimate of drug-likeness (QED) is 0.531. The van der Waals surface area contributed by atoms with Gasteiger partial charge >= 0.3 is 5.97 Å². The molecule has 3 aromatic rings. The molecule has 0 radical (unpaired) electrons. The lowest BCUT2D eigenvalue weighted by molar-refractivity contribution is -0.139. The molecule has 3 aromatic carbocycles. The standard InChI is InChI=1S/C25H24BrNO2/c1-16-13-19(26)14-17(2)23(16)25(18-9-5-4-6-10-18)15-21(24(28)29)20-11-7-8-12-22(20)27(25)3/h4-14,21H,15H2,1-3H3,(H,28,29). The zero-order valence-corrected chi connectivity index (χ0v) is 18.4. The Morgan fingerprint density at radius 1 is 1.03 bits per heavy atom. The lowest BCUT2D eigenvalue weighted by atomic mass is 9.68. The summed E-state index contributed by atoms with van der Waals surface area (Å²) in [5.41, 5.74) is 5.85. The Balaban J connectivity index is 2.10. The summed E-state index contributed by atoms with van der Waals surface area (Å²) in [5, 5.41) is 10.2. The minimum Gasteiger partial charge on any atom is -0.481 e. The van der Waals surface area contributed by atoms with Crippen molar-refractivity contribution >= 4 is 27.6 Å². The Hall–Kier alpha value is -2.59. The Kier molecular flexibility index (Phi) is 4.99. The molecule has 4 heteroatoms. The lowest BCUT2D eigenvalue weighted by Gasteiger charge is -2.51. The Morgan fingerprint density at radius 3 is 2.24 bits per heavy atom. The van der Waals surface area contributed by atoms with Crippen LogP contribution in [0.4, 0.5) is 5.69 Å². The summed E-state index contributed by atoms with van der Waals surface area (Å²) >= 11 is 3.61. The van der Waals surface area contributed by atoms with Crippen molar-refractivity contribution in [3.05, 3.63) is 99.0 Å². The summed E-state index contributed by atoms with van der Waals surface area (Å²) < 4.78 is 1.04. The molecule has 4 rings (SSSR count). The summed E-state index contributed by atoms with van der Waals surface area (Å²) in [4.78, 5) is 14.7. The molecule has 0 saturated heterocycles. The number of para-hydroxylation sites is 1. The van der Waals surface area contributed by atoms with Gasteiger partial charge in [0.05, 0.1) is 11.5 Å². The van der Waals surface area contributed by atoms with Crippen molar-refractivity contribution in [3.8, 4) is 0 Å². The molecule has 0 saturated carbocycles. The monoisotopic (exact) mass is 449 g/mol. The van der Waals surface area contributed by atoms with Crippen LogP contribution < -0.4 is 4.90 Å². The third-order valence-electron chi connectivity index (χ3n) is 6.21. The second kappa shape index (κ2) is 7.34. The number of carboxylic acid groups (broad SMARTS) is 1. The summed E-state index contributed by atoms with van der Waals surface area (Å²) in [6.07, 6.45) is 0.475. The van der Waals surface area contributed by atoms with E-state index in [1.165, 1.54) is 5.56 Å². The Labute approximate surface area is 180 Å². The first-order valence-electron chi connectivity index (χ1n) is 9.74. The number of carboxylic acids is 1. The second-order valence-electron chi connectivity index (χ2n) is 7.85. The molecule has 1 aliphatic rings. The molecule has 0 spiro atoms. The van der Waals surface area contributed by atoms with E-state index in [0.29, 0.717) is 6.42 Å². The predicted molar refractivity (Wildman–Crippen MR) is 121 cm³/mol. The number of aryl methyl sites for hydroxylation is 2. The Bertz CT molecular complexity index is 1060. The van der Waals surface area contributed by atoms with Crippen molar-refractivity contribution in [2.45, 2.75) is 31.7 Å². The number of hydrogen-bond donors (Lipinski definition) is 1. The molecule has 0 fully saturated rings. The van der Waals surface area contributed by atoms with Crippen molar-refractivity contribution < 1.29 is 9.90 Å². The fraction of sp³-hybridized carbons (Fsp3) is 0.240. The van der Waals surface area contributed by atoms with Crippen molar-refractivity contribution in [2.24, 2.45) is 0 Å². The van der Waals surface area contributed by atoms with Gasteiger partial charge in [-0.05, 0) is 66.3 Å². The van der Waals surface area contributed by atoms with Crippen LogP contribution in [-0.4, -0.2) is 18.1 Å². The van der Waals surface area contributed by atoms with Gasteiger partial charge < -0.3 is 10.0 Å². The van der Waals surface area contributed by atoms with E-state index in [0.717, 1.165) is 32.4 Å². The summed E-state index contributed by atoms with van der Waals surface area (Å²) in [5.74, 6) is -1.36. The molecule has 1 heterocycles. The van der Waals surface area contributed by atoms with Gasteiger partial charge in [-0.2, -0.15) is 0 Å². The number of aliphatic carboxylic acids is 1. The fourth-order valence-electron chi connectivity index (χ4n) is 5.06. The highest BCUT2D eigenvalue weighted by Crippen LogP contribution is 2.52. The maximum absolute atomic E-state index is 12.4. The highest BCUT2D eigenvalue weighted by Gasteiger charge is 2.48. The van der Waals surface area contributed by atoms with E-state index in [2.05, 4.69) is 66.0 Å². The van der Waals surface area contributed by atoms with Crippen molar-refractivity contribution in [1.29, 1.82) is 0 Å². The highest BCUT2D eigenvalue weighted by atomic mass is 79.9. The molecule has 148 valence electrons. The van der Waals surface area contributed by atoms with E-state index >= 15 is 0 Å². The molecule has 0 aliphatic carbocycles. The van der Waals surface area contributed by atoms with Gasteiger partial charge in [0, 0.05) is 17.2 Å². The predicted octanol–water partition coefficient (Wildman–Crippen LogP) is 6.02. The molecular formula is C25H24BrNO2. The minimum atomic E-state index is -0.779. The molecule has 29 heavy (non-hydrogen) atoms. The third kappa shape index (κ3) is 3.06. The summed E-state index contributed by atoms with van der Waals surface area (Å²) in [7, 11) is 2.09. The molecule has 3 nitrogen and oxygen atoms in total. The minimum absolute atomic E-state index is 0.475. The zero-order valence-electron chi connectivity index (χ0n) is 16.8. The largest absolute Gasteiger partial charge is 0.481 e. The first-order valence-corrected chi connectivity index (χ1v) is 10.5. The molecule has 1 N–H and O–H groups in total. The van der Waals surface area contributed by atoms with Crippen LogP contribution in [0.1, 0.15) is 40.2 Å². The van der Waals surface area contributed by atoms with Crippen LogP contribution in [0.3, 0.4) is 0 Å². The average molecular weight is 450 g/mol. The third-order valence-corrected chi connectivity index (χ3v) is 6.66. The Morgan fingerprint density at radius 2 is 1.62 bits per heavy atom. The highest BCUT2D eigenvalue weighted by molar-refractivity contribution is 9.10. The molecule has 0 bridgehead atoms. The van der Waals surface area contributed by atoms with Crippen molar-refractivity contribution in [2.75, 3.05) is 11.9 Å². The van der Waals surface area contributed by atoms with Gasteiger partial charge in [0.2, 0.25) is 0 Å². The van der Waals surface area contributed by atoms with E-state index < -0.39 is 17.4 Å². The van der Waals surface area contributed by atoms with E-state index in [9.17, 15) is 9.90 Å². The number of fused-ring (bicyclic) bond motifs is 1. The maximum atomic E-state index is 12.4. The number of carbonyl (C=O) groups is 1. The average Bonchev–Trinajstić information content (AvgIpc) is 2.69. The van der Waals surface area contributed by atoms with Gasteiger partial charge in [-0.3, -0.25) is 4.79 Å². The van der Waals surface area contributed by atoms with E-state index in [-0.39, 0.29) is 0 Å². The molecular weight excluding hydrogens is 426 g/mol. The number of nitrogens with zero attached hydrogens (tertiary/aromatic N) is 1. The zero-order chi connectivity index (χ0) is 20.8. The van der Waals surface area contributed by atoms with Crippen molar-refractivity contribution in [3.63, 3.8) is 0 Å². The van der Waals surface area contributed by atoms with Gasteiger partial charge in [-0.15, -0.1) is 0 Å². The molecule has 0 aromatic heterocycles. The van der Waals surface area contributed by atoms with Gasteiger partial charge in [-0.1, -0.05) is 64.5 Å². The van der Waals surface area contributed by atoms with E-state index in [1.807, 2.05) is 42.5 Å². The smallest absolute Gasteiger partial charge is 0.311 e. The van der Waals surface area contributed by atoms with E-state index in [1.54, 1.807) is 0 Å². The van der Waals surface area contributed by atoms with Gasteiger partial charge in [0.1, 0.15) is 0 Å². The number of rotatable bonds is 3. The van der Waals surface area contributed by atoms with Crippen LogP contribution in [-0.2, 0) is 10.3 Å². The van der Waals surface area contributed by atoms with E-state index in [4.69, 9.17) is 0 Å². The first-order chi connectivity index (χ1) is 13.9. The van der Waals surface area contributed by atoms with Crippen LogP contribution in [0.15, 0.2) is 71.2 Å².